The molecule has 5 nitrogen and oxygen atoms in total. The van der Waals surface area contributed by atoms with Gasteiger partial charge in [0, 0.05) is 13.2 Å². The lowest BCUT2D eigenvalue weighted by atomic mass is 9.99. The van der Waals surface area contributed by atoms with Crippen molar-refractivity contribution in [2.24, 2.45) is 0 Å². The molecular formula is C12H16N2O3. The van der Waals surface area contributed by atoms with E-state index >= 15 is 0 Å². The largest absolute Gasteiger partial charge is 0.481 e. The molecule has 2 heterocycles. The standard InChI is InChI=1S/C12H16N2O3/c1-14-7-12(4-2-3-5-12)17-10-8(14)6-13-9(10)11(15)16/h6,13H,2-5,7H2,1H3,(H,15,16). The second-order valence-electron chi connectivity index (χ2n) is 5.03. The van der Waals surface area contributed by atoms with Crippen LogP contribution in [0.4, 0.5) is 5.69 Å². The van der Waals surface area contributed by atoms with Gasteiger partial charge in [-0.2, -0.15) is 0 Å². The molecule has 1 fully saturated rings. The zero-order chi connectivity index (χ0) is 12.0. The Labute approximate surface area is 99.4 Å². The quantitative estimate of drug-likeness (QED) is 0.781. The minimum Gasteiger partial charge on any atom is -0.481 e. The fourth-order valence-electron chi connectivity index (χ4n) is 2.99. The summed E-state index contributed by atoms with van der Waals surface area (Å²) in [5.74, 6) is -0.456. The molecule has 2 aliphatic rings. The zero-order valence-electron chi connectivity index (χ0n) is 9.82. The van der Waals surface area contributed by atoms with Gasteiger partial charge in [-0.3, -0.25) is 0 Å². The van der Waals surface area contributed by atoms with Crippen LogP contribution in [0.25, 0.3) is 0 Å². The predicted octanol–water partition coefficient (Wildman–Crippen LogP) is 1.85. The molecule has 1 spiro atoms. The number of hydrogen-bond donors (Lipinski definition) is 2. The van der Waals surface area contributed by atoms with Gasteiger partial charge in [0.25, 0.3) is 0 Å². The van der Waals surface area contributed by atoms with Gasteiger partial charge in [0.1, 0.15) is 5.60 Å². The van der Waals surface area contributed by atoms with E-state index in [4.69, 9.17) is 9.84 Å². The molecule has 1 aliphatic heterocycles. The lowest BCUT2D eigenvalue weighted by Crippen LogP contribution is -2.47. The SMILES string of the molecule is CN1CC2(CCCC2)Oc2c1c[nH]c2C(=O)O. The minimum absolute atomic E-state index is 0.165. The van der Waals surface area contributed by atoms with Crippen LogP contribution in [0.15, 0.2) is 6.20 Å². The molecule has 92 valence electrons. The van der Waals surface area contributed by atoms with Gasteiger partial charge < -0.3 is 19.7 Å². The zero-order valence-corrected chi connectivity index (χ0v) is 9.82. The number of aromatic carboxylic acids is 1. The first-order chi connectivity index (χ1) is 8.11. The Balaban J connectivity index is 2.03. The summed E-state index contributed by atoms with van der Waals surface area (Å²) in [5.41, 5.74) is 0.839. The molecular weight excluding hydrogens is 220 g/mol. The molecule has 0 bridgehead atoms. The molecule has 5 heteroatoms. The van der Waals surface area contributed by atoms with Crippen LogP contribution in [-0.4, -0.2) is 35.3 Å². The second-order valence-corrected chi connectivity index (χ2v) is 5.03. The first kappa shape index (κ1) is 10.5. The third-order valence-electron chi connectivity index (χ3n) is 3.80. The first-order valence-electron chi connectivity index (χ1n) is 5.96. The summed E-state index contributed by atoms with van der Waals surface area (Å²) in [4.78, 5) is 16.0. The highest BCUT2D eigenvalue weighted by molar-refractivity contribution is 5.92. The van der Waals surface area contributed by atoms with Crippen molar-refractivity contribution in [2.75, 3.05) is 18.5 Å². The highest BCUT2D eigenvalue weighted by Gasteiger charge is 2.43. The van der Waals surface area contributed by atoms with Crippen LogP contribution in [0, 0.1) is 0 Å². The van der Waals surface area contributed by atoms with Crippen LogP contribution in [-0.2, 0) is 0 Å². The molecule has 1 aromatic heterocycles. The Kier molecular flexibility index (Phi) is 2.11. The van der Waals surface area contributed by atoms with Gasteiger partial charge in [-0.05, 0) is 25.7 Å². The topological polar surface area (TPSA) is 65.6 Å². The van der Waals surface area contributed by atoms with Crippen molar-refractivity contribution in [3.8, 4) is 5.75 Å². The third-order valence-corrected chi connectivity index (χ3v) is 3.80. The number of ether oxygens (including phenoxy) is 1. The lowest BCUT2D eigenvalue weighted by molar-refractivity contribution is 0.0618. The maximum Gasteiger partial charge on any atom is 0.356 e. The van der Waals surface area contributed by atoms with Gasteiger partial charge in [-0.15, -0.1) is 0 Å². The molecule has 1 aliphatic carbocycles. The summed E-state index contributed by atoms with van der Waals surface area (Å²) in [6.07, 6.45) is 6.06. The first-order valence-corrected chi connectivity index (χ1v) is 5.96. The Morgan fingerprint density at radius 2 is 2.24 bits per heavy atom. The maximum atomic E-state index is 11.1. The van der Waals surface area contributed by atoms with Crippen molar-refractivity contribution in [2.45, 2.75) is 31.3 Å². The van der Waals surface area contributed by atoms with Crippen molar-refractivity contribution < 1.29 is 14.6 Å². The number of aromatic amines is 1. The van der Waals surface area contributed by atoms with Crippen molar-refractivity contribution in [1.29, 1.82) is 0 Å². The van der Waals surface area contributed by atoms with E-state index in [-0.39, 0.29) is 11.3 Å². The minimum atomic E-state index is -0.963. The fraction of sp³-hybridized carbons (Fsp3) is 0.583. The monoisotopic (exact) mass is 236 g/mol. The normalized spacial score (nSPS) is 21.4. The van der Waals surface area contributed by atoms with Gasteiger partial charge in [0.05, 0.1) is 12.2 Å². The number of nitrogens with zero attached hydrogens (tertiary/aromatic N) is 1. The van der Waals surface area contributed by atoms with E-state index in [1.165, 1.54) is 0 Å². The molecule has 0 unspecified atom stereocenters. The molecule has 3 rings (SSSR count). The number of likely N-dealkylation sites (N-methyl/N-ethyl adjacent to an activating group) is 1. The van der Waals surface area contributed by atoms with E-state index in [1.807, 2.05) is 7.05 Å². The number of hydrogen-bond acceptors (Lipinski definition) is 3. The summed E-state index contributed by atoms with van der Waals surface area (Å²) >= 11 is 0. The number of H-pyrrole nitrogens is 1. The van der Waals surface area contributed by atoms with E-state index in [9.17, 15) is 4.79 Å². The molecule has 1 saturated carbocycles. The van der Waals surface area contributed by atoms with Gasteiger partial charge in [-0.1, -0.05) is 0 Å². The number of nitrogens with one attached hydrogen (secondary N) is 1. The van der Waals surface area contributed by atoms with Gasteiger partial charge in [-0.25, -0.2) is 4.79 Å². The Morgan fingerprint density at radius 1 is 1.53 bits per heavy atom. The molecule has 17 heavy (non-hydrogen) atoms. The predicted molar refractivity (Wildman–Crippen MR) is 62.8 cm³/mol. The van der Waals surface area contributed by atoms with Crippen molar-refractivity contribution in [1.82, 2.24) is 4.98 Å². The van der Waals surface area contributed by atoms with Gasteiger partial charge in [0.15, 0.2) is 11.4 Å². The summed E-state index contributed by atoms with van der Waals surface area (Å²) < 4.78 is 6.03. The molecule has 1 aromatic rings. The maximum absolute atomic E-state index is 11.1. The van der Waals surface area contributed by atoms with Gasteiger partial charge >= 0.3 is 5.97 Å². The van der Waals surface area contributed by atoms with Crippen LogP contribution in [0.2, 0.25) is 0 Å². The van der Waals surface area contributed by atoms with Crippen LogP contribution < -0.4 is 9.64 Å². The Morgan fingerprint density at radius 3 is 2.88 bits per heavy atom. The molecule has 0 aromatic carbocycles. The number of carboxylic acids is 1. The van der Waals surface area contributed by atoms with Crippen LogP contribution in [0.3, 0.4) is 0 Å². The summed E-state index contributed by atoms with van der Waals surface area (Å²) in [5, 5.41) is 9.12. The van der Waals surface area contributed by atoms with Gasteiger partial charge in [0.2, 0.25) is 0 Å². The smallest absolute Gasteiger partial charge is 0.356 e. The average molecular weight is 236 g/mol. The number of carboxylic acid groups (broad SMARTS) is 1. The number of anilines is 1. The highest BCUT2D eigenvalue weighted by Crippen LogP contribution is 2.45. The van der Waals surface area contributed by atoms with Crippen molar-refractivity contribution in [3.63, 3.8) is 0 Å². The second kappa shape index (κ2) is 3.42. The lowest BCUT2D eigenvalue weighted by Gasteiger charge is -2.40. The summed E-state index contributed by atoms with van der Waals surface area (Å²) in [7, 11) is 1.99. The van der Waals surface area contributed by atoms with E-state index in [0.717, 1.165) is 37.9 Å². The molecule has 0 atom stereocenters. The molecule has 0 amide bonds. The van der Waals surface area contributed by atoms with E-state index < -0.39 is 5.97 Å². The number of rotatable bonds is 1. The number of fused-ring (bicyclic) bond motifs is 1. The Bertz CT molecular complexity index is 460. The van der Waals surface area contributed by atoms with Crippen LogP contribution in [0.1, 0.15) is 36.2 Å². The van der Waals surface area contributed by atoms with Crippen molar-refractivity contribution >= 4 is 11.7 Å². The van der Waals surface area contributed by atoms with E-state index in [2.05, 4.69) is 9.88 Å². The number of carbonyl (C=O) groups is 1. The summed E-state index contributed by atoms with van der Waals surface area (Å²) in [6, 6.07) is 0. The van der Waals surface area contributed by atoms with Crippen LogP contribution >= 0.6 is 0 Å². The van der Waals surface area contributed by atoms with E-state index in [0.29, 0.717) is 5.75 Å². The van der Waals surface area contributed by atoms with E-state index in [1.54, 1.807) is 6.20 Å². The number of aromatic nitrogens is 1. The molecule has 0 saturated heterocycles. The highest BCUT2D eigenvalue weighted by atomic mass is 16.5. The fourth-order valence-corrected chi connectivity index (χ4v) is 2.99. The molecule has 2 N–H and O–H groups in total. The molecule has 0 radical (unpaired) electrons. The Hall–Kier alpha value is -1.65. The third kappa shape index (κ3) is 1.49. The van der Waals surface area contributed by atoms with Crippen molar-refractivity contribution in [3.05, 3.63) is 11.9 Å². The average Bonchev–Trinajstić information content (AvgIpc) is 2.85. The van der Waals surface area contributed by atoms with Crippen LogP contribution in [0.5, 0.6) is 5.75 Å². The summed E-state index contributed by atoms with van der Waals surface area (Å²) in [6.45, 7) is 0.844.